The zero-order valence-electron chi connectivity index (χ0n) is 25.3. The topological polar surface area (TPSA) is 107 Å². The molecular formula is C34H44N4O4. The van der Waals surface area contributed by atoms with Crippen molar-refractivity contribution >= 4 is 23.6 Å². The Labute approximate surface area is 249 Å². The number of nitrogens with two attached hydrogens (primary N) is 1. The van der Waals surface area contributed by atoms with E-state index >= 15 is 0 Å². The quantitative estimate of drug-likeness (QED) is 0.289. The number of carbonyl (C=O) groups excluding carboxylic acids is 2. The lowest BCUT2D eigenvalue weighted by atomic mass is 9.96. The van der Waals surface area contributed by atoms with Gasteiger partial charge in [-0.05, 0) is 80.3 Å². The van der Waals surface area contributed by atoms with E-state index in [4.69, 9.17) is 19.3 Å². The van der Waals surface area contributed by atoms with Gasteiger partial charge in [0.15, 0.2) is 0 Å². The molecule has 8 heteroatoms. The van der Waals surface area contributed by atoms with Crippen molar-refractivity contribution in [3.05, 3.63) is 78.1 Å². The van der Waals surface area contributed by atoms with E-state index in [1.807, 2.05) is 51.2 Å². The second-order valence-electron chi connectivity index (χ2n) is 10.3. The van der Waals surface area contributed by atoms with Gasteiger partial charge in [-0.25, -0.2) is 0 Å². The Bertz CT molecular complexity index is 1330. The molecule has 8 nitrogen and oxygen atoms in total. The van der Waals surface area contributed by atoms with Crippen LogP contribution in [0.25, 0.3) is 27.8 Å². The molecule has 1 fully saturated rings. The molecule has 0 saturated carbocycles. The van der Waals surface area contributed by atoms with E-state index in [9.17, 15) is 4.79 Å². The van der Waals surface area contributed by atoms with E-state index in [2.05, 4.69) is 53.7 Å². The number of rotatable bonds is 11. The number of amides is 2. The number of allylic oxidation sites excluding steroid dienone is 1. The summed E-state index contributed by atoms with van der Waals surface area (Å²) in [5.41, 5.74) is 13.3. The highest BCUT2D eigenvalue weighted by molar-refractivity contribution is 5.94. The number of morpholine rings is 1. The average molecular weight is 573 g/mol. The van der Waals surface area contributed by atoms with Crippen molar-refractivity contribution < 1.29 is 19.1 Å². The largest absolute Gasteiger partial charge is 0.378 e. The first kappa shape index (κ1) is 32.5. The second kappa shape index (κ2) is 16.4. The molecule has 0 aliphatic carbocycles. The lowest BCUT2D eigenvalue weighted by molar-refractivity contribution is -0.106. The van der Waals surface area contributed by atoms with Crippen LogP contribution in [-0.2, 0) is 14.3 Å². The van der Waals surface area contributed by atoms with Gasteiger partial charge in [0.05, 0.1) is 19.3 Å². The maximum absolute atomic E-state index is 12.8. The number of anilines is 1. The van der Waals surface area contributed by atoms with Crippen LogP contribution < -0.4 is 16.0 Å². The summed E-state index contributed by atoms with van der Waals surface area (Å²) in [7, 11) is 0. The van der Waals surface area contributed by atoms with E-state index in [1.54, 1.807) is 0 Å². The number of benzene rings is 2. The minimum Gasteiger partial charge on any atom is -0.378 e. The van der Waals surface area contributed by atoms with Crippen LogP contribution in [-0.4, -0.2) is 62.9 Å². The first-order chi connectivity index (χ1) is 20.3. The molecule has 1 unspecified atom stereocenters. The number of aryl methyl sites for hydroxylation is 1. The van der Waals surface area contributed by atoms with Crippen molar-refractivity contribution in [1.29, 1.82) is 0 Å². The van der Waals surface area contributed by atoms with Gasteiger partial charge in [0.25, 0.3) is 5.91 Å². The highest BCUT2D eigenvalue weighted by Gasteiger charge is 2.16. The molecule has 1 saturated heterocycles. The number of ether oxygens (including phenoxy) is 2. The van der Waals surface area contributed by atoms with Crippen molar-refractivity contribution in [2.75, 3.05) is 44.4 Å². The monoisotopic (exact) mass is 572 g/mol. The molecule has 0 radical (unpaired) electrons. The Balaban J connectivity index is 0.00000155. The fourth-order valence-corrected chi connectivity index (χ4v) is 4.92. The molecular weight excluding hydrogens is 528 g/mol. The summed E-state index contributed by atoms with van der Waals surface area (Å²) in [4.78, 5) is 28.5. The Hall–Kier alpha value is -4.01. The minimum absolute atomic E-state index is 0.0480. The van der Waals surface area contributed by atoms with Gasteiger partial charge in [-0.2, -0.15) is 0 Å². The molecule has 1 aliphatic heterocycles. The standard InChI is InChI=1S/C33H41N3O3.CH3NO/c1-6-8-31(39-7-2)22-35-33(37)26-11-9-25(10-12-26)32-20-29(21-34-24(32)5)28-17-27(23(3)4)18-30(19-28)36-13-15-38-16-14-36;2-1-3/h9-12,17-21,31H,3,6-8,13-16,22H2,1-2,4-5H3,(H,35,37);1H,(H2,2,3). The number of carbonyl (C=O) groups is 2. The lowest BCUT2D eigenvalue weighted by Crippen LogP contribution is -2.36. The molecule has 2 heterocycles. The number of pyridine rings is 1. The molecule has 3 N–H and O–H groups in total. The highest BCUT2D eigenvalue weighted by Crippen LogP contribution is 2.33. The predicted molar refractivity (Wildman–Crippen MR) is 170 cm³/mol. The summed E-state index contributed by atoms with van der Waals surface area (Å²) in [5, 5.41) is 3.02. The lowest BCUT2D eigenvalue weighted by Gasteiger charge is -2.29. The molecule has 4 rings (SSSR count). The van der Waals surface area contributed by atoms with Crippen LogP contribution in [0.4, 0.5) is 5.69 Å². The Kier molecular flexibility index (Phi) is 12.7. The number of primary amides is 1. The van der Waals surface area contributed by atoms with Crippen molar-refractivity contribution in [2.24, 2.45) is 5.73 Å². The number of hydrogen-bond acceptors (Lipinski definition) is 6. The normalized spacial score (nSPS) is 13.5. The van der Waals surface area contributed by atoms with Crippen molar-refractivity contribution in [3.8, 4) is 22.3 Å². The van der Waals surface area contributed by atoms with Gasteiger partial charge < -0.3 is 25.4 Å². The van der Waals surface area contributed by atoms with Crippen molar-refractivity contribution in [3.63, 3.8) is 0 Å². The second-order valence-corrected chi connectivity index (χ2v) is 10.3. The third kappa shape index (κ3) is 8.99. The predicted octanol–water partition coefficient (Wildman–Crippen LogP) is 5.63. The molecule has 2 amide bonds. The minimum atomic E-state index is -0.0850. The van der Waals surface area contributed by atoms with Crippen LogP contribution in [0.15, 0.2) is 61.3 Å². The van der Waals surface area contributed by atoms with Gasteiger partial charge in [0.1, 0.15) is 0 Å². The summed E-state index contributed by atoms with van der Waals surface area (Å²) >= 11 is 0. The van der Waals surface area contributed by atoms with Crippen molar-refractivity contribution in [2.45, 2.75) is 46.6 Å². The smallest absolute Gasteiger partial charge is 0.251 e. The maximum Gasteiger partial charge on any atom is 0.251 e. The van der Waals surface area contributed by atoms with Crippen LogP contribution >= 0.6 is 0 Å². The summed E-state index contributed by atoms with van der Waals surface area (Å²) in [5.74, 6) is -0.0850. The molecule has 224 valence electrons. The fourth-order valence-electron chi connectivity index (χ4n) is 4.92. The molecule has 1 aliphatic rings. The maximum atomic E-state index is 12.8. The molecule has 1 aromatic heterocycles. The van der Waals surface area contributed by atoms with Gasteiger partial charge in [-0.3, -0.25) is 14.6 Å². The number of nitrogens with zero attached hydrogens (tertiary/aromatic N) is 2. The summed E-state index contributed by atoms with van der Waals surface area (Å²) in [6.45, 7) is 16.7. The molecule has 0 spiro atoms. The average Bonchev–Trinajstić information content (AvgIpc) is 3.01. The van der Waals surface area contributed by atoms with Gasteiger partial charge in [0, 0.05) is 60.5 Å². The van der Waals surface area contributed by atoms with E-state index in [-0.39, 0.29) is 18.4 Å². The van der Waals surface area contributed by atoms with Crippen molar-refractivity contribution in [1.82, 2.24) is 10.3 Å². The third-order valence-electron chi connectivity index (χ3n) is 7.17. The zero-order valence-corrected chi connectivity index (χ0v) is 25.3. The first-order valence-electron chi connectivity index (χ1n) is 14.6. The number of aromatic nitrogens is 1. The SMILES string of the molecule is C=C(C)c1cc(-c2cnc(C)c(-c3ccc(C(=O)NCC(CCC)OCC)cc3)c2)cc(N2CCOCC2)c1.NC=O. The van der Waals surface area contributed by atoms with Crippen LogP contribution in [0.3, 0.4) is 0 Å². The molecule has 1 atom stereocenters. The van der Waals surface area contributed by atoms with Gasteiger partial charge in [-0.15, -0.1) is 0 Å². The fraction of sp³-hybridized carbons (Fsp3) is 0.382. The first-order valence-corrected chi connectivity index (χ1v) is 14.6. The molecule has 2 aromatic carbocycles. The Morgan fingerprint density at radius 1 is 1.10 bits per heavy atom. The van der Waals surface area contributed by atoms with Crippen LogP contribution in [0.1, 0.15) is 55.2 Å². The molecule has 0 bridgehead atoms. The summed E-state index contributed by atoms with van der Waals surface area (Å²) < 4.78 is 11.3. The van der Waals surface area contributed by atoms with Crippen LogP contribution in [0.5, 0.6) is 0 Å². The van der Waals surface area contributed by atoms with E-state index in [0.717, 1.165) is 78.2 Å². The van der Waals surface area contributed by atoms with Crippen LogP contribution in [0.2, 0.25) is 0 Å². The van der Waals surface area contributed by atoms with E-state index in [0.29, 0.717) is 18.7 Å². The zero-order chi connectivity index (χ0) is 30.5. The Morgan fingerprint density at radius 2 is 1.79 bits per heavy atom. The molecule has 42 heavy (non-hydrogen) atoms. The van der Waals surface area contributed by atoms with Gasteiger partial charge in [0.2, 0.25) is 6.41 Å². The number of hydrogen-bond donors (Lipinski definition) is 2. The number of nitrogens with one attached hydrogen (secondary N) is 1. The van der Waals surface area contributed by atoms with Gasteiger partial charge in [-0.1, -0.05) is 37.6 Å². The van der Waals surface area contributed by atoms with Crippen LogP contribution in [0, 0.1) is 6.92 Å². The van der Waals surface area contributed by atoms with E-state index < -0.39 is 0 Å². The van der Waals surface area contributed by atoms with Gasteiger partial charge >= 0.3 is 0 Å². The van der Waals surface area contributed by atoms with E-state index in [1.165, 1.54) is 5.69 Å². The Morgan fingerprint density at radius 3 is 2.40 bits per heavy atom. The summed E-state index contributed by atoms with van der Waals surface area (Å²) in [6, 6.07) is 16.6. The highest BCUT2D eigenvalue weighted by atomic mass is 16.5. The molecule has 3 aromatic rings. The third-order valence-corrected chi connectivity index (χ3v) is 7.17. The summed E-state index contributed by atoms with van der Waals surface area (Å²) in [6.07, 6.45) is 4.19.